The summed E-state index contributed by atoms with van der Waals surface area (Å²) in [6.45, 7) is 4.20. The first-order valence-corrected chi connectivity index (χ1v) is 4.08. The van der Waals surface area contributed by atoms with E-state index in [0.717, 1.165) is 6.42 Å². The molecule has 0 aliphatic heterocycles. The molecule has 2 aliphatic carbocycles. The Bertz CT molecular complexity index is 267. The van der Waals surface area contributed by atoms with Gasteiger partial charge in [0.15, 0.2) is 0 Å². The van der Waals surface area contributed by atoms with Gasteiger partial charge < -0.3 is 0 Å². The van der Waals surface area contributed by atoms with Gasteiger partial charge in [0.25, 0.3) is 0 Å². The quantitative estimate of drug-likeness (QED) is 0.481. The standard InChI is InChI=1S/C10H12O/c1-6(2)10-7-3-4-8(10)9(11)5-7/h3-4,7-8H,5H2,1-2H3/t7-,8+/m0/s1. The molecular weight excluding hydrogens is 136 g/mol. The van der Waals surface area contributed by atoms with Crippen molar-refractivity contribution in [3.63, 3.8) is 0 Å². The van der Waals surface area contributed by atoms with Crippen molar-refractivity contribution in [3.05, 3.63) is 23.3 Å². The Kier molecular flexibility index (Phi) is 1.28. The van der Waals surface area contributed by atoms with Gasteiger partial charge in [-0.15, -0.1) is 0 Å². The summed E-state index contributed by atoms with van der Waals surface area (Å²) in [5, 5.41) is 0. The van der Waals surface area contributed by atoms with Gasteiger partial charge >= 0.3 is 0 Å². The van der Waals surface area contributed by atoms with Gasteiger partial charge in [-0.2, -0.15) is 0 Å². The highest BCUT2D eigenvalue weighted by molar-refractivity contribution is 5.91. The molecule has 58 valence electrons. The first kappa shape index (κ1) is 6.84. The summed E-state index contributed by atoms with van der Waals surface area (Å²) >= 11 is 0. The molecule has 0 spiro atoms. The minimum absolute atomic E-state index is 0.157. The monoisotopic (exact) mass is 148 g/mol. The zero-order chi connectivity index (χ0) is 8.01. The van der Waals surface area contributed by atoms with Crippen LogP contribution in [-0.2, 0) is 4.79 Å². The predicted molar refractivity (Wildman–Crippen MR) is 44.1 cm³/mol. The van der Waals surface area contributed by atoms with E-state index >= 15 is 0 Å². The van der Waals surface area contributed by atoms with Crippen molar-refractivity contribution in [3.8, 4) is 0 Å². The van der Waals surface area contributed by atoms with Crippen LogP contribution < -0.4 is 0 Å². The van der Waals surface area contributed by atoms with Gasteiger partial charge in [-0.1, -0.05) is 17.7 Å². The average Bonchev–Trinajstić information content (AvgIpc) is 2.41. The molecule has 0 radical (unpaired) electrons. The maximum Gasteiger partial charge on any atom is 0.144 e. The van der Waals surface area contributed by atoms with Crippen molar-refractivity contribution < 1.29 is 4.79 Å². The van der Waals surface area contributed by atoms with Gasteiger partial charge in [0, 0.05) is 12.3 Å². The smallest absolute Gasteiger partial charge is 0.144 e. The molecule has 11 heavy (non-hydrogen) atoms. The van der Waals surface area contributed by atoms with Gasteiger partial charge in [0.1, 0.15) is 5.78 Å². The fraction of sp³-hybridized carbons (Fsp3) is 0.500. The first-order valence-electron chi connectivity index (χ1n) is 4.08. The Hall–Kier alpha value is -0.850. The molecule has 0 saturated heterocycles. The lowest BCUT2D eigenvalue weighted by Crippen LogP contribution is -2.04. The average molecular weight is 148 g/mol. The van der Waals surface area contributed by atoms with Crippen molar-refractivity contribution in [2.45, 2.75) is 20.3 Å². The van der Waals surface area contributed by atoms with E-state index in [0.29, 0.717) is 11.7 Å². The van der Waals surface area contributed by atoms with Gasteiger partial charge in [0.05, 0.1) is 5.92 Å². The minimum Gasteiger partial charge on any atom is -0.299 e. The van der Waals surface area contributed by atoms with E-state index in [1.165, 1.54) is 11.1 Å². The van der Waals surface area contributed by atoms with Crippen LogP contribution in [0.4, 0.5) is 0 Å². The normalized spacial score (nSPS) is 33.6. The van der Waals surface area contributed by atoms with Crippen molar-refractivity contribution in [2.75, 3.05) is 0 Å². The highest BCUT2D eigenvalue weighted by Crippen LogP contribution is 2.42. The fourth-order valence-corrected chi connectivity index (χ4v) is 2.17. The number of hydrogen-bond acceptors (Lipinski definition) is 1. The van der Waals surface area contributed by atoms with Crippen LogP contribution in [0.5, 0.6) is 0 Å². The highest BCUT2D eigenvalue weighted by Gasteiger charge is 2.39. The summed E-state index contributed by atoms with van der Waals surface area (Å²) in [5.74, 6) is 1.02. The molecule has 2 rings (SSSR count). The van der Waals surface area contributed by atoms with Crippen molar-refractivity contribution in [1.29, 1.82) is 0 Å². The molecule has 1 nitrogen and oxygen atoms in total. The lowest BCUT2D eigenvalue weighted by atomic mass is 10.00. The number of rotatable bonds is 0. The second-order valence-electron chi connectivity index (χ2n) is 3.59. The third-order valence-electron chi connectivity index (χ3n) is 2.62. The van der Waals surface area contributed by atoms with Crippen LogP contribution in [0.1, 0.15) is 20.3 Å². The van der Waals surface area contributed by atoms with Gasteiger partial charge in [-0.3, -0.25) is 4.79 Å². The second-order valence-corrected chi connectivity index (χ2v) is 3.59. The number of Topliss-reactive ketones (excluding diaryl/α,β-unsaturated/α-hetero) is 1. The van der Waals surface area contributed by atoms with Crippen molar-refractivity contribution in [2.24, 2.45) is 11.8 Å². The summed E-state index contributed by atoms with van der Waals surface area (Å²) in [6.07, 6.45) is 4.98. The third-order valence-corrected chi connectivity index (χ3v) is 2.62. The van der Waals surface area contributed by atoms with E-state index in [1.54, 1.807) is 0 Å². The van der Waals surface area contributed by atoms with Gasteiger partial charge in [-0.05, 0) is 19.4 Å². The van der Waals surface area contributed by atoms with Crippen molar-refractivity contribution >= 4 is 5.78 Å². The second kappa shape index (κ2) is 2.07. The molecule has 1 saturated carbocycles. The zero-order valence-corrected chi connectivity index (χ0v) is 6.92. The molecule has 1 fully saturated rings. The van der Waals surface area contributed by atoms with E-state index in [4.69, 9.17) is 0 Å². The predicted octanol–water partition coefficient (Wildman–Crippen LogP) is 2.10. The molecule has 0 amide bonds. The third kappa shape index (κ3) is 0.802. The molecule has 0 unspecified atom stereocenters. The van der Waals surface area contributed by atoms with Crippen LogP contribution in [0, 0.1) is 11.8 Å². The fourth-order valence-electron chi connectivity index (χ4n) is 2.17. The molecular formula is C10H12O. The molecule has 0 aromatic heterocycles. The van der Waals surface area contributed by atoms with E-state index in [-0.39, 0.29) is 5.92 Å². The largest absolute Gasteiger partial charge is 0.299 e. The van der Waals surface area contributed by atoms with Crippen LogP contribution in [0.25, 0.3) is 0 Å². The van der Waals surface area contributed by atoms with Gasteiger partial charge in [-0.25, -0.2) is 0 Å². The van der Waals surface area contributed by atoms with Crippen LogP contribution >= 0.6 is 0 Å². The van der Waals surface area contributed by atoms with Crippen LogP contribution in [0.3, 0.4) is 0 Å². The molecule has 0 aromatic rings. The Morgan fingerprint density at radius 3 is 2.45 bits per heavy atom. The maximum atomic E-state index is 11.3. The Balaban J connectivity index is 2.46. The number of fused-ring (bicyclic) bond motifs is 2. The SMILES string of the molecule is CC(C)=C1[C@@H]2C=C[C@H]1CC2=O. The number of ketones is 1. The van der Waals surface area contributed by atoms with Crippen molar-refractivity contribution in [1.82, 2.24) is 0 Å². The summed E-state index contributed by atoms with van der Waals surface area (Å²) in [4.78, 5) is 11.3. The summed E-state index contributed by atoms with van der Waals surface area (Å²) in [7, 11) is 0. The number of hydrogen-bond donors (Lipinski definition) is 0. The van der Waals surface area contributed by atoms with E-state index < -0.39 is 0 Å². The van der Waals surface area contributed by atoms with Crippen LogP contribution in [0.15, 0.2) is 23.3 Å². The topological polar surface area (TPSA) is 17.1 Å². The Morgan fingerprint density at radius 2 is 2.18 bits per heavy atom. The number of allylic oxidation sites excluding steroid dienone is 4. The minimum atomic E-state index is 0.157. The highest BCUT2D eigenvalue weighted by atomic mass is 16.1. The molecule has 0 N–H and O–H groups in total. The Labute approximate surface area is 66.8 Å². The molecule has 2 atom stereocenters. The summed E-state index contributed by atoms with van der Waals surface area (Å²) < 4.78 is 0. The lowest BCUT2D eigenvalue weighted by Gasteiger charge is -2.04. The van der Waals surface area contributed by atoms with Crippen LogP contribution in [-0.4, -0.2) is 5.78 Å². The summed E-state index contributed by atoms with van der Waals surface area (Å²) in [6, 6.07) is 0. The number of carbonyl (C=O) groups is 1. The van der Waals surface area contributed by atoms with E-state index in [2.05, 4.69) is 26.0 Å². The molecule has 2 aliphatic rings. The van der Waals surface area contributed by atoms with Gasteiger partial charge in [0.2, 0.25) is 0 Å². The van der Waals surface area contributed by atoms with E-state index in [1.807, 2.05) is 0 Å². The van der Waals surface area contributed by atoms with Crippen LogP contribution in [0.2, 0.25) is 0 Å². The molecule has 2 bridgehead atoms. The molecule has 0 aromatic carbocycles. The summed E-state index contributed by atoms with van der Waals surface area (Å²) in [5.41, 5.74) is 2.70. The molecule has 1 heteroatoms. The Morgan fingerprint density at radius 1 is 1.45 bits per heavy atom. The first-order chi connectivity index (χ1) is 5.20. The molecule has 0 heterocycles. The maximum absolute atomic E-state index is 11.3. The lowest BCUT2D eigenvalue weighted by molar-refractivity contribution is -0.119. The number of carbonyl (C=O) groups excluding carboxylic acids is 1. The zero-order valence-electron chi connectivity index (χ0n) is 6.92. The van der Waals surface area contributed by atoms with E-state index in [9.17, 15) is 4.79 Å².